The molecule has 1 aliphatic heterocycles. The lowest BCUT2D eigenvalue weighted by Crippen LogP contribution is -2.46. The lowest BCUT2D eigenvalue weighted by Gasteiger charge is -2.44. The summed E-state index contributed by atoms with van der Waals surface area (Å²) in [5.41, 5.74) is 5.47. The van der Waals surface area contributed by atoms with Crippen molar-refractivity contribution in [2.75, 3.05) is 19.7 Å². The van der Waals surface area contributed by atoms with Crippen LogP contribution in [-0.4, -0.2) is 50.4 Å². The molecule has 0 saturated carbocycles. The van der Waals surface area contributed by atoms with E-state index in [2.05, 4.69) is 10.1 Å². The topological polar surface area (TPSA) is 74.2 Å². The van der Waals surface area contributed by atoms with E-state index in [1.165, 1.54) is 11.3 Å². The van der Waals surface area contributed by atoms with E-state index < -0.39 is 6.61 Å². The molecule has 2 aliphatic rings. The summed E-state index contributed by atoms with van der Waals surface area (Å²) in [5.74, 6) is -0.174. The zero-order valence-electron chi connectivity index (χ0n) is 16.8. The molecular formula is C22H24Cl2N4O2. The molecule has 2 N–H and O–H groups in total. The van der Waals surface area contributed by atoms with Gasteiger partial charge in [-0.3, -0.25) is 9.48 Å². The van der Waals surface area contributed by atoms with Crippen molar-refractivity contribution in [3.05, 3.63) is 39.6 Å². The van der Waals surface area contributed by atoms with Crippen LogP contribution < -0.4 is 0 Å². The lowest BCUT2D eigenvalue weighted by molar-refractivity contribution is -0.136. The molecule has 0 radical (unpaired) electrons. The maximum atomic E-state index is 11.9. The first-order valence-electron chi connectivity index (χ1n) is 10.3. The van der Waals surface area contributed by atoms with Crippen molar-refractivity contribution in [1.82, 2.24) is 19.7 Å². The fourth-order valence-corrected chi connectivity index (χ4v) is 5.61. The van der Waals surface area contributed by atoms with Crippen LogP contribution in [0.5, 0.6) is 0 Å². The maximum Gasteiger partial charge on any atom is 0.248 e. The SMILES string of the molecule is Cn1ccc(-c2cc(Cl)c(Cl)c3[nH]c4c(c23)CC2(CC4)CCN(C(=O)CO)CC2)n1. The van der Waals surface area contributed by atoms with Crippen molar-refractivity contribution in [3.8, 4) is 11.3 Å². The molecule has 2 aromatic heterocycles. The Hall–Kier alpha value is -2.02. The van der Waals surface area contributed by atoms with Crippen LogP contribution in [0.4, 0.5) is 0 Å². The van der Waals surface area contributed by atoms with Gasteiger partial charge in [0, 0.05) is 43.0 Å². The minimum Gasteiger partial charge on any atom is -0.387 e. The number of nitrogens with one attached hydrogen (secondary N) is 1. The summed E-state index contributed by atoms with van der Waals surface area (Å²) in [5, 5.41) is 16.0. The number of carbonyl (C=O) groups is 1. The molecule has 8 heteroatoms. The van der Waals surface area contributed by atoms with Crippen molar-refractivity contribution in [3.63, 3.8) is 0 Å². The Morgan fingerprint density at radius 3 is 2.73 bits per heavy atom. The predicted molar refractivity (Wildman–Crippen MR) is 118 cm³/mol. The summed E-state index contributed by atoms with van der Waals surface area (Å²) >= 11 is 13.1. The Balaban J connectivity index is 1.57. The van der Waals surface area contributed by atoms with Gasteiger partial charge in [-0.1, -0.05) is 23.2 Å². The number of halogens is 2. The molecule has 3 heterocycles. The summed E-state index contributed by atoms with van der Waals surface area (Å²) in [6.07, 6.45) is 6.81. The van der Waals surface area contributed by atoms with Crippen molar-refractivity contribution >= 4 is 40.0 Å². The number of likely N-dealkylation sites (tertiary alicyclic amines) is 1. The highest BCUT2D eigenvalue weighted by Gasteiger charge is 2.40. The molecule has 5 rings (SSSR count). The van der Waals surface area contributed by atoms with Crippen LogP contribution in [0.15, 0.2) is 18.3 Å². The van der Waals surface area contributed by atoms with Crippen LogP contribution >= 0.6 is 23.2 Å². The zero-order chi connectivity index (χ0) is 21.0. The van der Waals surface area contributed by atoms with Crippen LogP contribution in [0.2, 0.25) is 10.0 Å². The molecule has 0 bridgehead atoms. The number of rotatable bonds is 2. The van der Waals surface area contributed by atoms with Crippen LogP contribution in [0.25, 0.3) is 22.2 Å². The van der Waals surface area contributed by atoms with Gasteiger partial charge >= 0.3 is 0 Å². The quantitative estimate of drug-likeness (QED) is 0.625. The highest BCUT2D eigenvalue weighted by Crippen LogP contribution is 2.48. The van der Waals surface area contributed by atoms with Gasteiger partial charge in [-0.2, -0.15) is 5.10 Å². The van der Waals surface area contributed by atoms with E-state index in [4.69, 9.17) is 23.2 Å². The maximum absolute atomic E-state index is 11.9. The van der Waals surface area contributed by atoms with Crippen molar-refractivity contribution in [2.45, 2.75) is 32.1 Å². The molecule has 30 heavy (non-hydrogen) atoms. The number of aliphatic hydroxyl groups is 1. The van der Waals surface area contributed by atoms with Gasteiger partial charge in [0.1, 0.15) is 6.61 Å². The molecule has 0 atom stereocenters. The number of H-pyrrole nitrogens is 1. The second-order valence-corrected chi connectivity index (χ2v) is 9.43. The highest BCUT2D eigenvalue weighted by molar-refractivity contribution is 6.45. The van der Waals surface area contributed by atoms with Gasteiger partial charge < -0.3 is 15.0 Å². The number of aromatic nitrogens is 3. The Bertz CT molecular complexity index is 1140. The summed E-state index contributed by atoms with van der Waals surface area (Å²) in [6, 6.07) is 3.92. The number of benzene rings is 1. The number of hydrogen-bond donors (Lipinski definition) is 2. The normalized spacial score (nSPS) is 18.2. The third-order valence-electron chi connectivity index (χ3n) is 6.92. The number of nitrogens with zero attached hydrogens (tertiary/aromatic N) is 3. The summed E-state index contributed by atoms with van der Waals surface area (Å²) in [7, 11) is 1.90. The first-order valence-corrected chi connectivity index (χ1v) is 11.1. The Morgan fingerprint density at radius 1 is 1.30 bits per heavy atom. The number of aliphatic hydroxyl groups excluding tert-OH is 1. The van der Waals surface area contributed by atoms with Gasteiger partial charge in [0.05, 0.1) is 21.3 Å². The molecular weight excluding hydrogens is 423 g/mol. The molecule has 158 valence electrons. The van der Waals surface area contributed by atoms with Crippen LogP contribution in [0, 0.1) is 5.41 Å². The number of carbonyl (C=O) groups excluding carboxylic acids is 1. The fraction of sp³-hybridized carbons (Fsp3) is 0.455. The van der Waals surface area contributed by atoms with E-state index in [0.29, 0.717) is 23.1 Å². The standard InChI is InChI=1S/C22H24Cl2N4O2/c1-27-7-3-17(26-27)13-10-15(23)20(24)21-19(13)14-11-22(4-2-16(14)25-21)5-8-28(9-6-22)18(30)12-29/h3,7,10,25,29H,2,4-6,8-9,11-12H2,1H3. The first kappa shape index (κ1) is 19.9. The second kappa shape index (κ2) is 7.29. The number of aryl methyl sites for hydroxylation is 2. The van der Waals surface area contributed by atoms with Crippen LogP contribution in [-0.2, 0) is 24.7 Å². The highest BCUT2D eigenvalue weighted by atomic mass is 35.5. The monoisotopic (exact) mass is 446 g/mol. The Morgan fingerprint density at radius 2 is 2.07 bits per heavy atom. The van der Waals surface area contributed by atoms with E-state index in [9.17, 15) is 9.90 Å². The Kier molecular flexibility index (Phi) is 4.84. The molecule has 1 aromatic carbocycles. The number of hydrogen-bond acceptors (Lipinski definition) is 3. The first-order chi connectivity index (χ1) is 14.4. The smallest absolute Gasteiger partial charge is 0.248 e. The van der Waals surface area contributed by atoms with Crippen molar-refractivity contribution < 1.29 is 9.90 Å². The van der Waals surface area contributed by atoms with Crippen molar-refractivity contribution in [1.29, 1.82) is 0 Å². The minimum absolute atomic E-state index is 0.169. The molecule has 1 amide bonds. The third kappa shape index (κ3) is 3.13. The van der Waals surface area contributed by atoms with Gasteiger partial charge in [0.2, 0.25) is 5.91 Å². The fourth-order valence-electron chi connectivity index (χ4n) is 5.21. The zero-order valence-corrected chi connectivity index (χ0v) is 18.4. The number of piperidine rings is 1. The molecule has 1 fully saturated rings. The average Bonchev–Trinajstić information content (AvgIpc) is 3.34. The molecule has 0 unspecified atom stereocenters. The van der Waals surface area contributed by atoms with Crippen molar-refractivity contribution in [2.24, 2.45) is 12.5 Å². The molecule has 1 aliphatic carbocycles. The molecule has 6 nitrogen and oxygen atoms in total. The average molecular weight is 447 g/mol. The third-order valence-corrected chi connectivity index (χ3v) is 7.71. The van der Waals surface area contributed by atoms with Gasteiger partial charge in [0.25, 0.3) is 0 Å². The summed E-state index contributed by atoms with van der Waals surface area (Å²) in [6.45, 7) is 1.000. The lowest BCUT2D eigenvalue weighted by atomic mass is 9.67. The van der Waals surface area contributed by atoms with Gasteiger partial charge in [-0.25, -0.2) is 0 Å². The van der Waals surface area contributed by atoms with Crippen LogP contribution in [0.1, 0.15) is 30.5 Å². The number of aromatic amines is 1. The molecule has 1 spiro atoms. The van der Waals surface area contributed by atoms with Crippen LogP contribution in [0.3, 0.4) is 0 Å². The summed E-state index contributed by atoms with van der Waals surface area (Å²) < 4.78 is 1.79. The minimum atomic E-state index is -0.410. The van der Waals surface area contributed by atoms with E-state index in [1.807, 2.05) is 25.4 Å². The Labute approximate surface area is 184 Å². The molecule has 1 saturated heterocycles. The van der Waals surface area contributed by atoms with E-state index in [1.54, 1.807) is 9.58 Å². The second-order valence-electron chi connectivity index (χ2n) is 8.64. The number of amides is 1. The van der Waals surface area contributed by atoms with E-state index in [0.717, 1.165) is 54.3 Å². The van der Waals surface area contributed by atoms with Gasteiger partial charge in [-0.15, -0.1) is 0 Å². The van der Waals surface area contributed by atoms with E-state index >= 15 is 0 Å². The van der Waals surface area contributed by atoms with Gasteiger partial charge in [-0.05, 0) is 55.2 Å². The molecule has 3 aromatic rings. The van der Waals surface area contributed by atoms with Gasteiger partial charge in [0.15, 0.2) is 0 Å². The van der Waals surface area contributed by atoms with E-state index in [-0.39, 0.29) is 11.3 Å². The summed E-state index contributed by atoms with van der Waals surface area (Å²) in [4.78, 5) is 17.2. The predicted octanol–water partition coefficient (Wildman–Crippen LogP) is 3.97. The largest absolute Gasteiger partial charge is 0.387 e. The number of fused-ring (bicyclic) bond motifs is 3.